The Morgan fingerprint density at radius 1 is 1.27 bits per heavy atom. The molecule has 0 saturated carbocycles. The van der Waals surface area contributed by atoms with Crippen LogP contribution >= 0.6 is 11.6 Å². The Bertz CT molecular complexity index is 871. The van der Waals surface area contributed by atoms with Gasteiger partial charge in [0, 0.05) is 47.9 Å². The molecule has 1 unspecified atom stereocenters. The summed E-state index contributed by atoms with van der Waals surface area (Å²) in [4.78, 5) is 12.6. The zero-order valence-electron chi connectivity index (χ0n) is 17.3. The van der Waals surface area contributed by atoms with Gasteiger partial charge in [-0.3, -0.25) is 4.79 Å². The van der Waals surface area contributed by atoms with Gasteiger partial charge in [-0.15, -0.1) is 0 Å². The number of benzene rings is 2. The van der Waals surface area contributed by atoms with Crippen LogP contribution in [0.25, 0.3) is 0 Å². The van der Waals surface area contributed by atoms with E-state index in [9.17, 15) is 9.18 Å². The molecule has 0 bridgehead atoms. The van der Waals surface area contributed by atoms with Crippen LogP contribution in [0, 0.1) is 5.82 Å². The number of rotatable bonds is 8. The average Bonchev–Trinajstić information content (AvgIpc) is 2.77. The van der Waals surface area contributed by atoms with Gasteiger partial charge in [0.1, 0.15) is 11.6 Å². The molecular formula is C23H28ClFN2O3. The Labute approximate surface area is 181 Å². The maximum Gasteiger partial charge on any atom is 0.237 e. The van der Waals surface area contributed by atoms with Crippen LogP contribution in [0.15, 0.2) is 42.5 Å². The quantitative estimate of drug-likeness (QED) is 0.663. The van der Waals surface area contributed by atoms with Gasteiger partial charge in [0.25, 0.3) is 0 Å². The van der Waals surface area contributed by atoms with E-state index in [4.69, 9.17) is 21.1 Å². The van der Waals surface area contributed by atoms with Crippen LogP contribution in [0.3, 0.4) is 0 Å². The first kappa shape index (κ1) is 22.5. The Balaban J connectivity index is 1.68. The van der Waals surface area contributed by atoms with E-state index >= 15 is 0 Å². The molecule has 1 saturated heterocycles. The summed E-state index contributed by atoms with van der Waals surface area (Å²) in [6.45, 7) is 3.79. The molecule has 1 aliphatic heterocycles. The molecule has 1 fully saturated rings. The van der Waals surface area contributed by atoms with E-state index in [1.165, 1.54) is 6.07 Å². The number of methoxy groups -OCH3 is 1. The number of carbonyl (C=O) groups excluding carboxylic acids is 1. The number of hydrogen-bond acceptors (Lipinski definition) is 4. The molecule has 2 N–H and O–H groups in total. The lowest BCUT2D eigenvalue weighted by Gasteiger charge is -2.39. The van der Waals surface area contributed by atoms with Crippen LogP contribution in [0.1, 0.15) is 30.9 Å². The molecule has 3 rings (SSSR count). The van der Waals surface area contributed by atoms with Gasteiger partial charge in [0.05, 0.1) is 13.2 Å². The number of nitrogens with one attached hydrogen (secondary N) is 2. The van der Waals surface area contributed by atoms with Crippen molar-refractivity contribution < 1.29 is 18.7 Å². The third-order valence-corrected chi connectivity index (χ3v) is 5.97. The van der Waals surface area contributed by atoms with E-state index in [-0.39, 0.29) is 23.7 Å². The van der Waals surface area contributed by atoms with E-state index in [0.29, 0.717) is 30.3 Å². The molecule has 7 heteroatoms. The normalized spacial score (nSPS) is 16.7. The highest BCUT2D eigenvalue weighted by Crippen LogP contribution is 2.40. The molecular weight excluding hydrogens is 407 g/mol. The highest BCUT2D eigenvalue weighted by Gasteiger charge is 2.37. The van der Waals surface area contributed by atoms with Crippen molar-refractivity contribution >= 4 is 17.5 Å². The lowest BCUT2D eigenvalue weighted by molar-refractivity contribution is -0.123. The maximum atomic E-state index is 13.8. The highest BCUT2D eigenvalue weighted by atomic mass is 35.5. The Morgan fingerprint density at radius 2 is 2.00 bits per heavy atom. The average molecular weight is 435 g/mol. The number of halogens is 2. The SMILES string of the molecule is COc1ccc(Cl)cc1C1(CNC(C)C(=O)NCc2ccccc2F)CCOCC1. The van der Waals surface area contributed by atoms with Crippen LogP contribution in [0.2, 0.25) is 5.02 Å². The zero-order chi connectivity index (χ0) is 21.6. The minimum atomic E-state index is -0.443. The summed E-state index contributed by atoms with van der Waals surface area (Å²) in [5, 5.41) is 6.80. The topological polar surface area (TPSA) is 59.6 Å². The summed E-state index contributed by atoms with van der Waals surface area (Å²) < 4.78 is 24.9. The van der Waals surface area contributed by atoms with Crippen molar-refractivity contribution in [3.8, 4) is 5.75 Å². The van der Waals surface area contributed by atoms with Gasteiger partial charge >= 0.3 is 0 Å². The van der Waals surface area contributed by atoms with Crippen LogP contribution in [0.4, 0.5) is 4.39 Å². The Morgan fingerprint density at radius 3 is 2.70 bits per heavy atom. The molecule has 2 aromatic rings. The molecule has 1 heterocycles. The lowest BCUT2D eigenvalue weighted by Crippen LogP contribution is -2.49. The lowest BCUT2D eigenvalue weighted by atomic mass is 9.73. The molecule has 0 radical (unpaired) electrons. The van der Waals surface area contributed by atoms with Crippen LogP contribution in [-0.4, -0.2) is 38.8 Å². The third-order valence-electron chi connectivity index (χ3n) is 5.73. The second-order valence-corrected chi connectivity index (χ2v) is 8.09. The van der Waals surface area contributed by atoms with Crippen molar-refractivity contribution in [3.05, 3.63) is 64.4 Å². The fraction of sp³-hybridized carbons (Fsp3) is 0.435. The van der Waals surface area contributed by atoms with E-state index in [1.807, 2.05) is 18.2 Å². The number of amides is 1. The Kier molecular flexibility index (Phi) is 7.69. The molecule has 1 amide bonds. The molecule has 0 aromatic heterocycles. The third kappa shape index (κ3) is 5.31. The van der Waals surface area contributed by atoms with Crippen molar-refractivity contribution in [2.45, 2.75) is 37.8 Å². The van der Waals surface area contributed by atoms with E-state index in [0.717, 1.165) is 24.2 Å². The fourth-order valence-corrected chi connectivity index (χ4v) is 3.99. The van der Waals surface area contributed by atoms with Crippen LogP contribution < -0.4 is 15.4 Å². The van der Waals surface area contributed by atoms with Gasteiger partial charge in [0.2, 0.25) is 5.91 Å². The van der Waals surface area contributed by atoms with Crippen molar-refractivity contribution in [1.29, 1.82) is 0 Å². The largest absolute Gasteiger partial charge is 0.496 e. The summed E-state index contributed by atoms with van der Waals surface area (Å²) in [5.41, 5.74) is 1.23. The number of ether oxygens (including phenoxy) is 2. The molecule has 1 atom stereocenters. The Hall–Kier alpha value is -2.15. The number of hydrogen-bond donors (Lipinski definition) is 2. The standard InChI is InChI=1S/C23H28ClFN2O3/c1-16(22(28)26-14-17-5-3-4-6-20(17)25)27-15-23(9-11-30-12-10-23)19-13-18(24)7-8-21(19)29-2/h3-8,13,16,27H,9-12,14-15H2,1-2H3,(H,26,28). The second kappa shape index (κ2) is 10.2. The molecule has 0 spiro atoms. The summed E-state index contributed by atoms with van der Waals surface area (Å²) in [7, 11) is 1.64. The zero-order valence-corrected chi connectivity index (χ0v) is 18.1. The van der Waals surface area contributed by atoms with Crippen LogP contribution in [0.5, 0.6) is 5.75 Å². The molecule has 1 aliphatic rings. The first-order chi connectivity index (χ1) is 14.4. The monoisotopic (exact) mass is 434 g/mol. The summed E-state index contributed by atoms with van der Waals surface area (Å²) in [6, 6.07) is 11.6. The highest BCUT2D eigenvalue weighted by molar-refractivity contribution is 6.30. The maximum absolute atomic E-state index is 13.8. The molecule has 5 nitrogen and oxygen atoms in total. The van der Waals surface area contributed by atoms with Crippen molar-refractivity contribution in [2.75, 3.05) is 26.9 Å². The van der Waals surface area contributed by atoms with Crippen molar-refractivity contribution in [3.63, 3.8) is 0 Å². The van der Waals surface area contributed by atoms with Gasteiger partial charge in [-0.25, -0.2) is 4.39 Å². The van der Waals surface area contributed by atoms with Gasteiger partial charge in [-0.1, -0.05) is 29.8 Å². The summed E-state index contributed by atoms with van der Waals surface area (Å²) >= 11 is 6.28. The van der Waals surface area contributed by atoms with Gasteiger partial charge in [0.15, 0.2) is 0 Å². The van der Waals surface area contributed by atoms with Crippen molar-refractivity contribution in [1.82, 2.24) is 10.6 Å². The van der Waals surface area contributed by atoms with Gasteiger partial charge < -0.3 is 20.1 Å². The van der Waals surface area contributed by atoms with E-state index < -0.39 is 6.04 Å². The fourth-order valence-electron chi connectivity index (χ4n) is 3.82. The second-order valence-electron chi connectivity index (χ2n) is 7.65. The first-order valence-corrected chi connectivity index (χ1v) is 10.5. The van der Waals surface area contributed by atoms with Crippen LogP contribution in [-0.2, 0) is 21.5 Å². The molecule has 162 valence electrons. The predicted molar refractivity (Wildman–Crippen MR) is 115 cm³/mol. The minimum absolute atomic E-state index is 0.151. The minimum Gasteiger partial charge on any atom is -0.496 e. The summed E-state index contributed by atoms with van der Waals surface area (Å²) in [5.74, 6) is 0.269. The van der Waals surface area contributed by atoms with E-state index in [1.54, 1.807) is 32.2 Å². The smallest absolute Gasteiger partial charge is 0.237 e. The number of carbonyl (C=O) groups is 1. The van der Waals surface area contributed by atoms with E-state index in [2.05, 4.69) is 10.6 Å². The first-order valence-electron chi connectivity index (χ1n) is 10.1. The van der Waals surface area contributed by atoms with Gasteiger partial charge in [-0.05, 0) is 44.0 Å². The predicted octanol–water partition coefficient (Wildman–Crippen LogP) is 3.83. The molecule has 0 aliphatic carbocycles. The summed E-state index contributed by atoms with van der Waals surface area (Å²) in [6.07, 6.45) is 1.58. The molecule has 2 aromatic carbocycles. The van der Waals surface area contributed by atoms with Gasteiger partial charge in [-0.2, -0.15) is 0 Å². The van der Waals surface area contributed by atoms with Crippen molar-refractivity contribution in [2.24, 2.45) is 0 Å². The molecule has 30 heavy (non-hydrogen) atoms.